The molecule has 33 heavy (non-hydrogen) atoms. The molecule has 0 fully saturated rings. The van der Waals surface area contributed by atoms with Crippen molar-refractivity contribution in [2.45, 2.75) is 13.2 Å². The molecular formula is C24H20ClN3O4S. The van der Waals surface area contributed by atoms with Crippen LogP contribution >= 0.6 is 22.9 Å². The Balaban J connectivity index is 1.17. The normalized spacial score (nSPS) is 10.7. The van der Waals surface area contributed by atoms with E-state index < -0.39 is 11.8 Å². The van der Waals surface area contributed by atoms with Crippen molar-refractivity contribution in [1.29, 1.82) is 0 Å². The van der Waals surface area contributed by atoms with Crippen molar-refractivity contribution in [3.05, 3.63) is 94.0 Å². The number of fused-ring (bicyclic) bond motifs is 1. The number of benzene rings is 3. The quantitative estimate of drug-likeness (QED) is 0.361. The van der Waals surface area contributed by atoms with Crippen LogP contribution in [0.3, 0.4) is 0 Å². The molecule has 0 aliphatic heterocycles. The van der Waals surface area contributed by atoms with Crippen LogP contribution in [0.2, 0.25) is 5.02 Å². The van der Waals surface area contributed by atoms with Crippen LogP contribution in [0.25, 0.3) is 10.2 Å². The minimum Gasteiger partial charge on any atom is -0.489 e. The van der Waals surface area contributed by atoms with Crippen molar-refractivity contribution < 1.29 is 19.1 Å². The van der Waals surface area contributed by atoms with Gasteiger partial charge in [0, 0.05) is 10.6 Å². The van der Waals surface area contributed by atoms with Crippen molar-refractivity contribution in [3.8, 4) is 5.75 Å². The number of amides is 2. The molecular weight excluding hydrogens is 462 g/mol. The summed E-state index contributed by atoms with van der Waals surface area (Å²) in [7, 11) is 0. The van der Waals surface area contributed by atoms with E-state index in [0.29, 0.717) is 22.9 Å². The molecule has 0 spiro atoms. The smallest absolute Gasteiger partial charge is 0.269 e. The number of thiazole rings is 1. The van der Waals surface area contributed by atoms with E-state index in [1.807, 2.05) is 24.3 Å². The third kappa shape index (κ3) is 6.52. The van der Waals surface area contributed by atoms with Gasteiger partial charge in [0.2, 0.25) is 0 Å². The number of rotatable bonds is 8. The molecule has 9 heteroatoms. The monoisotopic (exact) mass is 481 g/mol. The van der Waals surface area contributed by atoms with Crippen LogP contribution in [-0.2, 0) is 22.7 Å². The van der Waals surface area contributed by atoms with E-state index in [1.54, 1.807) is 48.5 Å². The highest BCUT2D eigenvalue weighted by Crippen LogP contribution is 2.22. The van der Waals surface area contributed by atoms with Gasteiger partial charge >= 0.3 is 0 Å². The van der Waals surface area contributed by atoms with Gasteiger partial charge in [0.25, 0.3) is 11.8 Å². The van der Waals surface area contributed by atoms with Crippen LogP contribution in [0.4, 0.5) is 0 Å². The lowest BCUT2D eigenvalue weighted by molar-refractivity contribution is -0.126. The standard InChI is InChI=1S/C24H20ClN3O4S/c25-18-9-11-19(12-10-18)32-13-16-5-7-17(8-6-16)24(30)28-27-22(29)14-31-15-23-26-20-3-1-2-4-21(20)33-23/h1-12H,13-15H2,(H,27,29)(H,28,30). The zero-order chi connectivity index (χ0) is 23.0. The molecule has 7 nitrogen and oxygen atoms in total. The fourth-order valence-electron chi connectivity index (χ4n) is 2.90. The number of carbonyl (C=O) groups is 2. The first kappa shape index (κ1) is 22.7. The van der Waals surface area contributed by atoms with E-state index >= 15 is 0 Å². The third-order valence-corrected chi connectivity index (χ3v) is 5.81. The van der Waals surface area contributed by atoms with Gasteiger partial charge in [0.05, 0.1) is 16.8 Å². The summed E-state index contributed by atoms with van der Waals surface area (Å²) in [6, 6.07) is 21.8. The Bertz CT molecular complexity index is 1210. The molecule has 0 unspecified atom stereocenters. The first-order chi connectivity index (χ1) is 16.1. The molecule has 4 rings (SSSR count). The van der Waals surface area contributed by atoms with E-state index in [4.69, 9.17) is 21.1 Å². The number of nitrogens with one attached hydrogen (secondary N) is 2. The Morgan fingerprint density at radius 1 is 0.909 bits per heavy atom. The Hall–Kier alpha value is -3.46. The maximum absolute atomic E-state index is 12.2. The number of hydrogen-bond donors (Lipinski definition) is 2. The predicted octanol–water partition coefficient (Wildman–Crippen LogP) is 4.51. The van der Waals surface area contributed by atoms with Crippen LogP contribution in [-0.4, -0.2) is 23.4 Å². The van der Waals surface area contributed by atoms with E-state index in [1.165, 1.54) is 11.3 Å². The molecule has 3 aromatic carbocycles. The average Bonchev–Trinajstić information content (AvgIpc) is 3.25. The van der Waals surface area contributed by atoms with Crippen LogP contribution in [0.15, 0.2) is 72.8 Å². The lowest BCUT2D eigenvalue weighted by Gasteiger charge is -2.09. The summed E-state index contributed by atoms with van der Waals surface area (Å²) in [5.41, 5.74) is 6.92. The highest BCUT2D eigenvalue weighted by atomic mass is 35.5. The molecule has 0 aliphatic rings. The summed E-state index contributed by atoms with van der Waals surface area (Å²) < 4.78 is 12.1. The maximum Gasteiger partial charge on any atom is 0.269 e. The molecule has 0 radical (unpaired) electrons. The first-order valence-electron chi connectivity index (χ1n) is 10.1. The minimum absolute atomic E-state index is 0.197. The van der Waals surface area contributed by atoms with E-state index in [9.17, 15) is 9.59 Å². The molecule has 0 saturated heterocycles. The topological polar surface area (TPSA) is 89.5 Å². The Morgan fingerprint density at radius 3 is 2.42 bits per heavy atom. The molecule has 0 atom stereocenters. The van der Waals surface area contributed by atoms with Crippen molar-refractivity contribution in [3.63, 3.8) is 0 Å². The SMILES string of the molecule is O=C(COCc1nc2ccccc2s1)NNC(=O)c1ccc(COc2ccc(Cl)cc2)cc1. The molecule has 1 aromatic heterocycles. The van der Waals surface area contributed by atoms with Gasteiger partial charge < -0.3 is 9.47 Å². The summed E-state index contributed by atoms with van der Waals surface area (Å²) in [5, 5.41) is 1.43. The summed E-state index contributed by atoms with van der Waals surface area (Å²) in [4.78, 5) is 28.6. The Labute approximate surface area is 199 Å². The molecule has 168 valence electrons. The zero-order valence-electron chi connectivity index (χ0n) is 17.4. The van der Waals surface area contributed by atoms with Crippen molar-refractivity contribution in [2.24, 2.45) is 0 Å². The molecule has 0 bridgehead atoms. The van der Waals surface area contributed by atoms with Gasteiger partial charge in [0.15, 0.2) is 0 Å². The number of carbonyl (C=O) groups excluding carboxylic acids is 2. The number of ether oxygens (including phenoxy) is 2. The van der Waals surface area contributed by atoms with Gasteiger partial charge in [-0.25, -0.2) is 4.98 Å². The number of nitrogens with zero attached hydrogens (tertiary/aromatic N) is 1. The highest BCUT2D eigenvalue weighted by molar-refractivity contribution is 7.18. The second-order valence-corrected chi connectivity index (χ2v) is 8.56. The van der Waals surface area contributed by atoms with E-state index in [0.717, 1.165) is 20.8 Å². The van der Waals surface area contributed by atoms with Crippen LogP contribution in [0.5, 0.6) is 5.75 Å². The number of halogens is 1. The van der Waals surface area contributed by atoms with Gasteiger partial charge in [-0.3, -0.25) is 20.4 Å². The van der Waals surface area contributed by atoms with Gasteiger partial charge in [-0.2, -0.15) is 0 Å². The van der Waals surface area contributed by atoms with Crippen molar-refractivity contribution >= 4 is 45.0 Å². The number of hydrogen-bond acceptors (Lipinski definition) is 6. The van der Waals surface area contributed by atoms with E-state index in [-0.39, 0.29) is 13.2 Å². The van der Waals surface area contributed by atoms with Crippen LogP contribution in [0, 0.1) is 0 Å². The van der Waals surface area contributed by atoms with Crippen molar-refractivity contribution in [1.82, 2.24) is 15.8 Å². The largest absolute Gasteiger partial charge is 0.489 e. The first-order valence-corrected chi connectivity index (χ1v) is 11.2. The minimum atomic E-state index is -0.461. The lowest BCUT2D eigenvalue weighted by Crippen LogP contribution is -2.43. The van der Waals surface area contributed by atoms with Gasteiger partial charge in [0.1, 0.15) is 24.0 Å². The lowest BCUT2D eigenvalue weighted by atomic mass is 10.1. The Kier molecular flexibility index (Phi) is 7.51. The van der Waals surface area contributed by atoms with Crippen LogP contribution in [0.1, 0.15) is 20.9 Å². The summed E-state index contributed by atoms with van der Waals surface area (Å²) >= 11 is 7.37. The molecule has 0 aliphatic carbocycles. The molecule has 4 aromatic rings. The van der Waals surface area contributed by atoms with Gasteiger partial charge in [-0.05, 0) is 54.1 Å². The molecule has 0 saturated carbocycles. The molecule has 2 N–H and O–H groups in total. The van der Waals surface area contributed by atoms with E-state index in [2.05, 4.69) is 15.8 Å². The number of para-hydroxylation sites is 1. The fraction of sp³-hybridized carbons (Fsp3) is 0.125. The second kappa shape index (κ2) is 10.9. The third-order valence-electron chi connectivity index (χ3n) is 4.55. The highest BCUT2D eigenvalue weighted by Gasteiger charge is 2.09. The fourth-order valence-corrected chi connectivity index (χ4v) is 3.93. The second-order valence-electron chi connectivity index (χ2n) is 7.01. The average molecular weight is 482 g/mol. The predicted molar refractivity (Wildman–Crippen MR) is 127 cm³/mol. The summed E-state index contributed by atoms with van der Waals surface area (Å²) in [6.45, 7) is 0.379. The Morgan fingerprint density at radius 2 is 1.67 bits per heavy atom. The van der Waals surface area contributed by atoms with Crippen LogP contribution < -0.4 is 15.6 Å². The number of aromatic nitrogens is 1. The summed E-state index contributed by atoms with van der Waals surface area (Å²) in [6.07, 6.45) is 0. The van der Waals surface area contributed by atoms with Gasteiger partial charge in [-0.1, -0.05) is 35.9 Å². The number of hydrazine groups is 1. The molecule has 2 amide bonds. The summed E-state index contributed by atoms with van der Waals surface area (Å²) in [5.74, 6) is -0.188. The maximum atomic E-state index is 12.2. The molecule has 1 heterocycles. The zero-order valence-corrected chi connectivity index (χ0v) is 19.0. The van der Waals surface area contributed by atoms with Crippen molar-refractivity contribution in [2.75, 3.05) is 6.61 Å². The van der Waals surface area contributed by atoms with Gasteiger partial charge in [-0.15, -0.1) is 11.3 Å².